The van der Waals surface area contributed by atoms with Crippen LogP contribution >= 0.6 is 46.7 Å². The van der Waals surface area contributed by atoms with E-state index in [2.05, 4.69) is 24.6 Å². The van der Waals surface area contributed by atoms with E-state index in [0.717, 1.165) is 39.6 Å². The fourth-order valence-electron chi connectivity index (χ4n) is 3.09. The largest absolute Gasteiger partial charge is 0.460 e. The molecule has 0 amide bonds. The first-order valence-electron chi connectivity index (χ1n) is 9.36. The molecule has 1 aromatic heterocycles. The van der Waals surface area contributed by atoms with E-state index >= 15 is 0 Å². The fourth-order valence-corrected chi connectivity index (χ4v) is 4.74. The van der Waals surface area contributed by atoms with E-state index in [1.165, 1.54) is 6.26 Å². The molecule has 0 saturated heterocycles. The van der Waals surface area contributed by atoms with Crippen molar-refractivity contribution >= 4 is 58.4 Å². The molecule has 2 aliphatic rings. The van der Waals surface area contributed by atoms with E-state index in [1.54, 1.807) is 41.7 Å². The summed E-state index contributed by atoms with van der Waals surface area (Å²) in [7, 11) is 0. The molecule has 0 bridgehead atoms. The molecule has 1 aromatic carbocycles. The van der Waals surface area contributed by atoms with Crippen LogP contribution in [-0.4, -0.2) is 39.0 Å². The first-order valence-corrected chi connectivity index (χ1v) is 12.3. The number of nitrogens with zero attached hydrogens (tertiary/aromatic N) is 4. The van der Waals surface area contributed by atoms with Gasteiger partial charge in [-0.2, -0.15) is 0 Å². The molecular formula is C19H20Cl2N6OS2. The Labute approximate surface area is 193 Å². The molecule has 0 fully saturated rings. The van der Waals surface area contributed by atoms with Crippen molar-refractivity contribution in [2.24, 2.45) is 4.99 Å². The third-order valence-electron chi connectivity index (χ3n) is 4.43. The highest BCUT2D eigenvalue weighted by molar-refractivity contribution is 7.99. The Balaban J connectivity index is 1.70. The van der Waals surface area contributed by atoms with E-state index < -0.39 is 0 Å². The van der Waals surface area contributed by atoms with Crippen molar-refractivity contribution in [1.29, 1.82) is 0 Å². The molecule has 30 heavy (non-hydrogen) atoms. The number of hydrogen-bond acceptors (Lipinski definition) is 9. The number of halogens is 2. The molecule has 0 saturated carbocycles. The second-order valence-corrected chi connectivity index (χ2v) is 9.22. The summed E-state index contributed by atoms with van der Waals surface area (Å²) >= 11 is 15.3. The van der Waals surface area contributed by atoms with Crippen LogP contribution in [0.5, 0.6) is 5.75 Å². The van der Waals surface area contributed by atoms with Crippen LogP contribution in [0.4, 0.5) is 5.82 Å². The van der Waals surface area contributed by atoms with E-state index in [0.29, 0.717) is 21.6 Å². The van der Waals surface area contributed by atoms with Crippen LogP contribution in [0.25, 0.3) is 0 Å². The van der Waals surface area contributed by atoms with E-state index in [4.69, 9.17) is 42.9 Å². The van der Waals surface area contributed by atoms with Gasteiger partial charge in [-0.3, -0.25) is 5.43 Å². The lowest BCUT2D eigenvalue weighted by molar-refractivity contribution is 0.276. The molecule has 4 rings (SSSR count). The maximum absolute atomic E-state index is 6.19. The first kappa shape index (κ1) is 21.4. The molecule has 1 atom stereocenters. The standard InChI is InChI=1S/C19H20Cl2N6OS2/c1-4-14-23-16-15(18(29-3)25-19(24-16)30-5-2)17-22-13(26-27(14)17)9-28-12-7-6-10(20)8-11(12)21/h6-9,14,26H,4-5H2,1-3H3,(H,23,24,25). The predicted molar refractivity (Wildman–Crippen MR) is 125 cm³/mol. The SMILES string of the molecule is CCSc1nc2c(c(SC)n1)C1=NC(=COc3ccc(Cl)cc3Cl)NN1C(CC)N2. The monoisotopic (exact) mass is 482 g/mol. The van der Waals surface area contributed by atoms with Crippen molar-refractivity contribution in [2.75, 3.05) is 17.3 Å². The topological polar surface area (TPSA) is 74.7 Å². The molecule has 7 nitrogen and oxygen atoms in total. The van der Waals surface area contributed by atoms with Crippen LogP contribution in [0, 0.1) is 0 Å². The number of hydrazine groups is 1. The van der Waals surface area contributed by atoms with Crippen LogP contribution in [0.15, 0.2) is 45.5 Å². The zero-order valence-corrected chi connectivity index (χ0v) is 19.7. The summed E-state index contributed by atoms with van der Waals surface area (Å²) < 4.78 is 5.74. The number of nitrogens with one attached hydrogen (secondary N) is 2. The van der Waals surface area contributed by atoms with Gasteiger partial charge in [-0.25, -0.2) is 20.0 Å². The molecule has 0 radical (unpaired) electrons. The van der Waals surface area contributed by atoms with Gasteiger partial charge < -0.3 is 10.1 Å². The summed E-state index contributed by atoms with van der Waals surface area (Å²) in [4.78, 5) is 14.2. The van der Waals surface area contributed by atoms with Crippen molar-refractivity contribution < 1.29 is 4.74 Å². The summed E-state index contributed by atoms with van der Waals surface area (Å²) in [6.45, 7) is 4.19. The number of rotatable bonds is 6. The van der Waals surface area contributed by atoms with Crippen LogP contribution < -0.4 is 15.5 Å². The highest BCUT2D eigenvalue weighted by Gasteiger charge is 2.37. The van der Waals surface area contributed by atoms with Gasteiger partial charge >= 0.3 is 0 Å². The first-order chi connectivity index (χ1) is 14.5. The smallest absolute Gasteiger partial charge is 0.190 e. The lowest BCUT2D eigenvalue weighted by Crippen LogP contribution is -2.52. The summed E-state index contributed by atoms with van der Waals surface area (Å²) in [5.41, 5.74) is 4.17. The van der Waals surface area contributed by atoms with Gasteiger partial charge in [0.05, 0.1) is 10.6 Å². The average Bonchev–Trinajstić information content (AvgIpc) is 3.16. The highest BCUT2D eigenvalue weighted by Crippen LogP contribution is 2.35. The van der Waals surface area contributed by atoms with Crippen molar-refractivity contribution in [3.63, 3.8) is 0 Å². The summed E-state index contributed by atoms with van der Waals surface area (Å²) in [5.74, 6) is 3.54. The van der Waals surface area contributed by atoms with Crippen molar-refractivity contribution in [3.8, 4) is 5.75 Å². The van der Waals surface area contributed by atoms with Gasteiger partial charge in [-0.1, -0.05) is 48.8 Å². The van der Waals surface area contributed by atoms with Crippen molar-refractivity contribution in [3.05, 3.63) is 45.9 Å². The zero-order chi connectivity index (χ0) is 21.3. The van der Waals surface area contributed by atoms with Crippen LogP contribution in [0.2, 0.25) is 10.0 Å². The average molecular weight is 483 g/mol. The Kier molecular flexibility index (Phi) is 6.52. The number of aliphatic imine (C=N–C) groups is 1. The number of amidine groups is 1. The lowest BCUT2D eigenvalue weighted by atomic mass is 10.2. The molecule has 0 aliphatic carbocycles. The highest BCUT2D eigenvalue weighted by atomic mass is 35.5. The van der Waals surface area contributed by atoms with Gasteiger partial charge in [-0.05, 0) is 36.6 Å². The molecule has 158 valence electrons. The third-order valence-corrected chi connectivity index (χ3v) is 6.37. The lowest BCUT2D eigenvalue weighted by Gasteiger charge is -2.36. The maximum atomic E-state index is 6.19. The Morgan fingerprint density at radius 3 is 2.80 bits per heavy atom. The number of anilines is 1. The molecule has 3 heterocycles. The summed E-state index contributed by atoms with van der Waals surface area (Å²) in [6.07, 6.45) is 4.38. The maximum Gasteiger partial charge on any atom is 0.190 e. The number of fused-ring (bicyclic) bond motifs is 3. The Bertz CT molecular complexity index is 1030. The predicted octanol–water partition coefficient (Wildman–Crippen LogP) is 5.22. The summed E-state index contributed by atoms with van der Waals surface area (Å²) in [6, 6.07) is 5.07. The Morgan fingerprint density at radius 1 is 1.27 bits per heavy atom. The molecule has 11 heteroatoms. The minimum absolute atomic E-state index is 0.00893. The normalized spacial score (nSPS) is 18.4. The minimum atomic E-state index is -0.00893. The second-order valence-electron chi connectivity index (χ2n) is 6.35. The van der Waals surface area contributed by atoms with Gasteiger partial charge in [0.15, 0.2) is 16.8 Å². The zero-order valence-electron chi connectivity index (χ0n) is 16.6. The molecule has 1 unspecified atom stereocenters. The molecule has 2 N–H and O–H groups in total. The van der Waals surface area contributed by atoms with Gasteiger partial charge in [0, 0.05) is 5.02 Å². The Morgan fingerprint density at radius 2 is 2.10 bits per heavy atom. The van der Waals surface area contributed by atoms with Gasteiger partial charge in [-0.15, -0.1) is 11.8 Å². The molecule has 2 aromatic rings. The molecular weight excluding hydrogens is 463 g/mol. The minimum Gasteiger partial charge on any atom is -0.460 e. The molecule has 2 aliphatic heterocycles. The number of ether oxygens (including phenoxy) is 1. The number of hydrogen-bond donors (Lipinski definition) is 2. The van der Waals surface area contributed by atoms with Gasteiger partial charge in [0.25, 0.3) is 0 Å². The second kappa shape index (κ2) is 9.13. The van der Waals surface area contributed by atoms with Gasteiger partial charge in [0.2, 0.25) is 0 Å². The number of benzene rings is 1. The van der Waals surface area contributed by atoms with Crippen molar-refractivity contribution in [1.82, 2.24) is 20.4 Å². The fraction of sp³-hybridized carbons (Fsp3) is 0.316. The van der Waals surface area contributed by atoms with Crippen molar-refractivity contribution in [2.45, 2.75) is 36.6 Å². The summed E-state index contributed by atoms with van der Waals surface area (Å²) in [5, 5.41) is 8.11. The van der Waals surface area contributed by atoms with Crippen LogP contribution in [0.1, 0.15) is 25.8 Å². The van der Waals surface area contributed by atoms with E-state index in [-0.39, 0.29) is 6.17 Å². The van der Waals surface area contributed by atoms with Crippen LogP contribution in [-0.2, 0) is 0 Å². The van der Waals surface area contributed by atoms with Crippen LogP contribution in [0.3, 0.4) is 0 Å². The number of thioether (sulfide) groups is 2. The van der Waals surface area contributed by atoms with E-state index in [1.807, 2.05) is 11.3 Å². The Hall–Kier alpha value is -1.81. The third kappa shape index (κ3) is 4.16. The number of aromatic nitrogens is 2. The van der Waals surface area contributed by atoms with Gasteiger partial charge in [0.1, 0.15) is 29.0 Å². The molecule has 0 spiro atoms. The quantitative estimate of drug-likeness (QED) is 0.251. The van der Waals surface area contributed by atoms with E-state index in [9.17, 15) is 0 Å².